The highest BCUT2D eigenvalue weighted by Crippen LogP contribution is 2.20. The van der Waals surface area contributed by atoms with E-state index in [0.29, 0.717) is 11.3 Å². The van der Waals surface area contributed by atoms with Crippen molar-refractivity contribution in [3.8, 4) is 0 Å². The molecule has 1 rings (SSSR count). The summed E-state index contributed by atoms with van der Waals surface area (Å²) in [6.45, 7) is 0.869. The van der Waals surface area contributed by atoms with E-state index < -0.39 is 0 Å². The fourth-order valence-corrected chi connectivity index (χ4v) is 2.40. The van der Waals surface area contributed by atoms with Crippen molar-refractivity contribution in [3.63, 3.8) is 0 Å². The maximum Gasteiger partial charge on any atom is 0.337 e. The third-order valence-electron chi connectivity index (χ3n) is 3.07. The van der Waals surface area contributed by atoms with E-state index in [0.717, 1.165) is 18.7 Å². The predicted octanol–water partition coefficient (Wildman–Crippen LogP) is 3.39. The maximum atomic E-state index is 11.5. The lowest BCUT2D eigenvalue weighted by molar-refractivity contribution is 0.0601. The summed E-state index contributed by atoms with van der Waals surface area (Å²) in [4.78, 5) is 11.5. The molecule has 1 aromatic carbocycles. The largest absolute Gasteiger partial charge is 0.465 e. The molecular weight excluding hydrogens is 272 g/mol. The zero-order valence-corrected chi connectivity index (χ0v) is 13.1. The zero-order valence-electron chi connectivity index (χ0n) is 12.3. The summed E-state index contributed by atoms with van der Waals surface area (Å²) in [6, 6.07) is 5.15. The van der Waals surface area contributed by atoms with Gasteiger partial charge in [-0.25, -0.2) is 4.79 Å². The third-order valence-corrected chi connectivity index (χ3v) is 3.76. The number of esters is 1. The molecule has 0 aliphatic carbocycles. The van der Waals surface area contributed by atoms with E-state index in [1.165, 1.54) is 32.1 Å². The van der Waals surface area contributed by atoms with Gasteiger partial charge in [0.05, 0.1) is 24.0 Å². The Bertz CT molecular complexity index is 424. The number of carbonyl (C=O) groups excluding carboxylic acids is 1. The molecule has 0 atom stereocenters. The standard InChI is InChI=1S/C15H24N2O2S/c1-19-15(18)12-7-8-13(16)14(11-12)17-9-5-3-4-6-10-20-2/h7-8,11,17H,3-6,9-10,16H2,1-2H3. The fraction of sp³-hybridized carbons (Fsp3) is 0.533. The second-order valence-electron chi connectivity index (χ2n) is 4.63. The highest BCUT2D eigenvalue weighted by molar-refractivity contribution is 7.98. The van der Waals surface area contributed by atoms with E-state index in [-0.39, 0.29) is 5.97 Å². The van der Waals surface area contributed by atoms with Crippen LogP contribution < -0.4 is 11.1 Å². The topological polar surface area (TPSA) is 64.3 Å². The number of ether oxygens (including phenoxy) is 1. The Balaban J connectivity index is 2.37. The molecule has 0 bridgehead atoms. The molecule has 0 fully saturated rings. The lowest BCUT2D eigenvalue weighted by Gasteiger charge is -2.10. The SMILES string of the molecule is COC(=O)c1ccc(N)c(NCCCCCCSC)c1. The Hall–Kier alpha value is -1.36. The molecule has 0 saturated heterocycles. The Labute approximate surface area is 125 Å². The molecule has 0 unspecified atom stereocenters. The van der Waals surface area contributed by atoms with Gasteiger partial charge in [-0.1, -0.05) is 12.8 Å². The van der Waals surface area contributed by atoms with E-state index in [1.807, 2.05) is 11.8 Å². The van der Waals surface area contributed by atoms with Crippen LogP contribution in [-0.2, 0) is 4.74 Å². The number of hydrogen-bond acceptors (Lipinski definition) is 5. The van der Waals surface area contributed by atoms with Crippen molar-refractivity contribution in [1.29, 1.82) is 0 Å². The quantitative estimate of drug-likeness (QED) is 0.415. The monoisotopic (exact) mass is 296 g/mol. The Morgan fingerprint density at radius 2 is 2.05 bits per heavy atom. The van der Waals surface area contributed by atoms with Gasteiger partial charge in [0.1, 0.15) is 0 Å². The van der Waals surface area contributed by atoms with E-state index in [2.05, 4.69) is 11.6 Å². The number of hydrogen-bond donors (Lipinski definition) is 2. The number of benzene rings is 1. The first-order chi connectivity index (χ1) is 9.69. The number of nitrogen functional groups attached to an aromatic ring is 1. The second-order valence-corrected chi connectivity index (χ2v) is 5.61. The molecule has 0 radical (unpaired) electrons. The molecule has 3 N–H and O–H groups in total. The van der Waals surface area contributed by atoms with Crippen LogP contribution in [0.4, 0.5) is 11.4 Å². The number of nitrogens with two attached hydrogens (primary N) is 1. The molecular formula is C15H24N2O2S. The summed E-state index contributed by atoms with van der Waals surface area (Å²) < 4.78 is 4.70. The Morgan fingerprint density at radius 3 is 2.75 bits per heavy atom. The number of thioether (sulfide) groups is 1. The van der Waals surface area contributed by atoms with Gasteiger partial charge < -0.3 is 15.8 Å². The van der Waals surface area contributed by atoms with Gasteiger partial charge in [0.15, 0.2) is 0 Å². The van der Waals surface area contributed by atoms with Gasteiger partial charge in [-0.05, 0) is 43.0 Å². The van der Waals surface area contributed by atoms with Gasteiger partial charge in [-0.2, -0.15) is 11.8 Å². The van der Waals surface area contributed by atoms with E-state index in [4.69, 9.17) is 10.5 Å². The van der Waals surface area contributed by atoms with E-state index in [1.54, 1.807) is 18.2 Å². The van der Waals surface area contributed by atoms with E-state index >= 15 is 0 Å². The van der Waals surface area contributed by atoms with Gasteiger partial charge in [0.2, 0.25) is 0 Å². The van der Waals surface area contributed by atoms with E-state index in [9.17, 15) is 4.79 Å². The smallest absolute Gasteiger partial charge is 0.337 e. The number of nitrogens with one attached hydrogen (secondary N) is 1. The van der Waals surface area contributed by atoms with Crippen molar-refractivity contribution in [1.82, 2.24) is 0 Å². The van der Waals surface area contributed by atoms with Crippen LogP contribution in [0.5, 0.6) is 0 Å². The molecule has 0 aromatic heterocycles. The van der Waals surface area contributed by atoms with Gasteiger partial charge in [0, 0.05) is 6.54 Å². The van der Waals surface area contributed by atoms with Crippen LogP contribution in [0.15, 0.2) is 18.2 Å². The number of methoxy groups -OCH3 is 1. The Kier molecular flexibility index (Phi) is 7.95. The summed E-state index contributed by atoms with van der Waals surface area (Å²) in [5, 5.41) is 3.29. The third kappa shape index (κ3) is 5.74. The van der Waals surface area contributed by atoms with Crippen molar-refractivity contribution in [2.24, 2.45) is 0 Å². The second kappa shape index (κ2) is 9.53. The summed E-state index contributed by atoms with van der Waals surface area (Å²) in [7, 11) is 1.38. The molecule has 0 heterocycles. The highest BCUT2D eigenvalue weighted by Gasteiger charge is 2.07. The maximum absolute atomic E-state index is 11.5. The highest BCUT2D eigenvalue weighted by atomic mass is 32.2. The van der Waals surface area contributed by atoms with Crippen LogP contribution in [0, 0.1) is 0 Å². The van der Waals surface area contributed by atoms with Crippen LogP contribution in [-0.4, -0.2) is 31.6 Å². The number of anilines is 2. The molecule has 0 spiro atoms. The molecule has 20 heavy (non-hydrogen) atoms. The van der Waals surface area contributed by atoms with Crippen LogP contribution in [0.25, 0.3) is 0 Å². The minimum Gasteiger partial charge on any atom is -0.465 e. The molecule has 5 heteroatoms. The molecule has 0 amide bonds. The van der Waals surface area contributed by atoms with Crippen LogP contribution in [0.2, 0.25) is 0 Å². The summed E-state index contributed by atoms with van der Waals surface area (Å²) in [5.74, 6) is 0.895. The first kappa shape index (κ1) is 16.7. The van der Waals surface area contributed by atoms with Gasteiger partial charge >= 0.3 is 5.97 Å². The first-order valence-electron chi connectivity index (χ1n) is 6.89. The first-order valence-corrected chi connectivity index (χ1v) is 8.29. The van der Waals surface area contributed by atoms with Gasteiger partial charge in [-0.15, -0.1) is 0 Å². The number of rotatable bonds is 9. The molecule has 0 aliphatic rings. The van der Waals surface area contributed by atoms with Crippen molar-refractivity contribution in [3.05, 3.63) is 23.8 Å². The Morgan fingerprint density at radius 1 is 1.30 bits per heavy atom. The molecule has 0 aliphatic heterocycles. The average Bonchev–Trinajstić information content (AvgIpc) is 2.47. The summed E-state index contributed by atoms with van der Waals surface area (Å²) in [6.07, 6.45) is 7.00. The minimum atomic E-state index is -0.342. The predicted molar refractivity (Wildman–Crippen MR) is 87.5 cm³/mol. The van der Waals surface area contributed by atoms with Crippen molar-refractivity contribution >= 4 is 29.1 Å². The summed E-state index contributed by atoms with van der Waals surface area (Å²) >= 11 is 1.89. The lowest BCUT2D eigenvalue weighted by Crippen LogP contribution is -2.07. The average molecular weight is 296 g/mol. The lowest BCUT2D eigenvalue weighted by atomic mass is 10.1. The molecule has 1 aromatic rings. The number of unbranched alkanes of at least 4 members (excludes halogenated alkanes) is 3. The van der Waals surface area contributed by atoms with Gasteiger partial charge in [0.25, 0.3) is 0 Å². The number of carbonyl (C=O) groups is 1. The molecule has 112 valence electrons. The zero-order chi connectivity index (χ0) is 14.8. The van der Waals surface area contributed by atoms with Crippen molar-refractivity contribution in [2.45, 2.75) is 25.7 Å². The van der Waals surface area contributed by atoms with Gasteiger partial charge in [-0.3, -0.25) is 0 Å². The summed E-state index contributed by atoms with van der Waals surface area (Å²) in [5.41, 5.74) is 7.87. The molecule has 0 saturated carbocycles. The van der Waals surface area contributed by atoms with Crippen LogP contribution >= 0.6 is 11.8 Å². The van der Waals surface area contributed by atoms with Crippen LogP contribution in [0.3, 0.4) is 0 Å². The minimum absolute atomic E-state index is 0.342. The molecule has 4 nitrogen and oxygen atoms in total. The van der Waals surface area contributed by atoms with Crippen molar-refractivity contribution in [2.75, 3.05) is 36.7 Å². The normalized spacial score (nSPS) is 10.3. The fourth-order valence-electron chi connectivity index (χ4n) is 1.90. The van der Waals surface area contributed by atoms with Crippen molar-refractivity contribution < 1.29 is 9.53 Å². The van der Waals surface area contributed by atoms with Crippen LogP contribution in [0.1, 0.15) is 36.0 Å².